The highest BCUT2D eigenvalue weighted by molar-refractivity contribution is 7.13. The molecule has 3 rings (SSSR count). The Kier molecular flexibility index (Phi) is 3.10. The van der Waals surface area contributed by atoms with E-state index in [0.717, 1.165) is 16.1 Å². The number of nitrogens with zero attached hydrogens (tertiary/aromatic N) is 1. The zero-order valence-corrected chi connectivity index (χ0v) is 12.6. The van der Waals surface area contributed by atoms with Gasteiger partial charge in [0.25, 0.3) is 0 Å². The van der Waals surface area contributed by atoms with Crippen LogP contribution in [0.25, 0.3) is 21.7 Å². The van der Waals surface area contributed by atoms with Crippen LogP contribution >= 0.6 is 11.3 Å². The largest absolute Gasteiger partial charge is 0.382 e. The van der Waals surface area contributed by atoms with Crippen molar-refractivity contribution in [3.05, 3.63) is 46.3 Å². The molecule has 0 saturated heterocycles. The molecule has 0 amide bonds. The molecule has 102 valence electrons. The molecular weight excluding hydrogens is 266 g/mol. The van der Waals surface area contributed by atoms with Crippen LogP contribution in [0.1, 0.15) is 16.7 Å². The van der Waals surface area contributed by atoms with E-state index in [1.807, 2.05) is 6.07 Å². The highest BCUT2D eigenvalue weighted by atomic mass is 32.1. The van der Waals surface area contributed by atoms with E-state index in [2.05, 4.69) is 54.5 Å². The maximum Gasteiger partial charge on any atom is 0.154 e. The second kappa shape index (κ2) is 4.80. The summed E-state index contributed by atoms with van der Waals surface area (Å²) in [5, 5.41) is 9.38. The average Bonchev–Trinajstić information content (AvgIpc) is 2.97. The van der Waals surface area contributed by atoms with Gasteiger partial charge in [-0.1, -0.05) is 23.8 Å². The first-order valence-corrected chi connectivity index (χ1v) is 7.42. The van der Waals surface area contributed by atoms with E-state index in [-0.39, 0.29) is 0 Å². The lowest BCUT2D eigenvalue weighted by atomic mass is 9.95. The number of H-pyrrole nitrogens is 1. The predicted octanol–water partition coefficient (Wildman–Crippen LogP) is 4.31. The lowest BCUT2D eigenvalue weighted by Gasteiger charge is -2.11. The van der Waals surface area contributed by atoms with Crippen molar-refractivity contribution >= 4 is 17.2 Å². The van der Waals surface area contributed by atoms with Gasteiger partial charge in [-0.2, -0.15) is 5.10 Å². The topological polar surface area (TPSA) is 54.7 Å². The summed E-state index contributed by atoms with van der Waals surface area (Å²) >= 11 is 1.68. The summed E-state index contributed by atoms with van der Waals surface area (Å²) in [5.74, 6) is 0.557. The molecular formula is C16H17N3S. The Hall–Kier alpha value is -2.07. The van der Waals surface area contributed by atoms with Crippen molar-refractivity contribution in [2.45, 2.75) is 20.8 Å². The fraction of sp³-hybridized carbons (Fsp3) is 0.188. The number of aromatic amines is 1. The summed E-state index contributed by atoms with van der Waals surface area (Å²) in [7, 11) is 0. The van der Waals surface area contributed by atoms with E-state index in [1.165, 1.54) is 22.3 Å². The molecule has 1 aromatic carbocycles. The van der Waals surface area contributed by atoms with Crippen LogP contribution in [-0.4, -0.2) is 10.2 Å². The highest BCUT2D eigenvalue weighted by Gasteiger charge is 2.18. The standard InChI is InChI=1S/C16H17N3S/c1-9-7-10(2)13(11(3)8-9)15-14(16(17)19-18-15)12-5-4-6-20-12/h4-8H,1-3H3,(H3,17,18,19). The van der Waals surface area contributed by atoms with Crippen LogP contribution in [-0.2, 0) is 0 Å². The van der Waals surface area contributed by atoms with Crippen LogP contribution in [0, 0.1) is 20.8 Å². The Balaban J connectivity index is 2.27. The molecule has 0 aliphatic carbocycles. The van der Waals surface area contributed by atoms with Gasteiger partial charge in [0.05, 0.1) is 11.3 Å². The lowest BCUT2D eigenvalue weighted by Crippen LogP contribution is -1.92. The molecule has 2 aromatic heterocycles. The first kappa shape index (κ1) is 12.9. The summed E-state index contributed by atoms with van der Waals surface area (Å²) in [6, 6.07) is 8.49. The minimum absolute atomic E-state index is 0.557. The number of anilines is 1. The summed E-state index contributed by atoms with van der Waals surface area (Å²) in [4.78, 5) is 1.14. The Morgan fingerprint density at radius 2 is 1.80 bits per heavy atom. The molecule has 0 fully saturated rings. The van der Waals surface area contributed by atoms with Gasteiger partial charge in [-0.05, 0) is 43.3 Å². The number of hydrogen-bond acceptors (Lipinski definition) is 3. The van der Waals surface area contributed by atoms with Crippen molar-refractivity contribution in [3.8, 4) is 21.7 Å². The lowest BCUT2D eigenvalue weighted by molar-refractivity contribution is 1.10. The third-order valence-electron chi connectivity index (χ3n) is 3.49. The number of nitrogen functional groups attached to an aromatic ring is 1. The number of aromatic nitrogens is 2. The quantitative estimate of drug-likeness (QED) is 0.736. The van der Waals surface area contributed by atoms with Gasteiger partial charge in [-0.15, -0.1) is 11.3 Å². The number of hydrogen-bond donors (Lipinski definition) is 2. The SMILES string of the molecule is Cc1cc(C)c(-c2[nH]nc(N)c2-c2cccs2)c(C)c1. The van der Waals surface area contributed by atoms with Crippen molar-refractivity contribution in [3.63, 3.8) is 0 Å². The van der Waals surface area contributed by atoms with E-state index in [1.54, 1.807) is 11.3 Å². The summed E-state index contributed by atoms with van der Waals surface area (Å²) in [6.07, 6.45) is 0. The number of thiophene rings is 1. The van der Waals surface area contributed by atoms with E-state index >= 15 is 0 Å². The van der Waals surface area contributed by atoms with Crippen LogP contribution in [0.4, 0.5) is 5.82 Å². The minimum atomic E-state index is 0.557. The third-order valence-corrected chi connectivity index (χ3v) is 4.38. The summed E-state index contributed by atoms with van der Waals surface area (Å²) in [6.45, 7) is 6.38. The normalized spacial score (nSPS) is 10.9. The van der Waals surface area contributed by atoms with Crippen molar-refractivity contribution in [1.82, 2.24) is 10.2 Å². The molecule has 20 heavy (non-hydrogen) atoms. The third kappa shape index (κ3) is 2.02. The Morgan fingerprint density at radius 3 is 2.40 bits per heavy atom. The molecule has 4 heteroatoms. The minimum Gasteiger partial charge on any atom is -0.382 e. The zero-order chi connectivity index (χ0) is 14.3. The Labute approximate surface area is 122 Å². The van der Waals surface area contributed by atoms with Gasteiger partial charge in [0.2, 0.25) is 0 Å². The van der Waals surface area contributed by atoms with Gasteiger partial charge in [0.15, 0.2) is 5.82 Å². The summed E-state index contributed by atoms with van der Waals surface area (Å²) in [5.41, 5.74) is 13.0. The first-order valence-electron chi connectivity index (χ1n) is 6.54. The average molecular weight is 283 g/mol. The van der Waals surface area contributed by atoms with Gasteiger partial charge in [-0.3, -0.25) is 5.10 Å². The number of nitrogens with two attached hydrogens (primary N) is 1. The molecule has 0 aliphatic rings. The van der Waals surface area contributed by atoms with Crippen molar-refractivity contribution in [2.75, 3.05) is 5.73 Å². The molecule has 3 nitrogen and oxygen atoms in total. The van der Waals surface area contributed by atoms with Gasteiger partial charge in [0, 0.05) is 10.4 Å². The number of aryl methyl sites for hydroxylation is 3. The van der Waals surface area contributed by atoms with Crippen LogP contribution in [0.15, 0.2) is 29.6 Å². The number of benzene rings is 1. The number of rotatable bonds is 2. The molecule has 2 heterocycles. The molecule has 0 unspecified atom stereocenters. The molecule has 0 radical (unpaired) electrons. The fourth-order valence-corrected chi connectivity index (χ4v) is 3.57. The van der Waals surface area contributed by atoms with Crippen molar-refractivity contribution in [2.24, 2.45) is 0 Å². The Bertz CT molecular complexity index is 731. The molecule has 3 aromatic rings. The molecule has 0 aliphatic heterocycles. The van der Waals surface area contributed by atoms with Crippen LogP contribution in [0.2, 0.25) is 0 Å². The Morgan fingerprint density at radius 1 is 1.10 bits per heavy atom. The summed E-state index contributed by atoms with van der Waals surface area (Å²) < 4.78 is 0. The second-order valence-electron chi connectivity index (χ2n) is 5.11. The molecule has 0 atom stereocenters. The first-order chi connectivity index (χ1) is 9.58. The van der Waals surface area contributed by atoms with E-state index in [9.17, 15) is 0 Å². The fourth-order valence-electron chi connectivity index (χ4n) is 2.78. The van der Waals surface area contributed by atoms with Crippen LogP contribution in [0.3, 0.4) is 0 Å². The zero-order valence-electron chi connectivity index (χ0n) is 11.8. The molecule has 0 spiro atoms. The maximum absolute atomic E-state index is 6.06. The van der Waals surface area contributed by atoms with Gasteiger partial charge in [-0.25, -0.2) is 0 Å². The maximum atomic E-state index is 6.06. The highest BCUT2D eigenvalue weighted by Crippen LogP contribution is 2.39. The number of nitrogens with one attached hydrogen (secondary N) is 1. The van der Waals surface area contributed by atoms with Crippen molar-refractivity contribution in [1.29, 1.82) is 0 Å². The predicted molar refractivity (Wildman–Crippen MR) is 86.0 cm³/mol. The monoisotopic (exact) mass is 283 g/mol. The van der Waals surface area contributed by atoms with E-state index in [4.69, 9.17) is 5.73 Å². The van der Waals surface area contributed by atoms with Gasteiger partial charge in [0.1, 0.15) is 0 Å². The van der Waals surface area contributed by atoms with Crippen LogP contribution in [0.5, 0.6) is 0 Å². The second-order valence-corrected chi connectivity index (χ2v) is 6.06. The molecule has 0 saturated carbocycles. The smallest absolute Gasteiger partial charge is 0.154 e. The molecule has 0 bridgehead atoms. The van der Waals surface area contributed by atoms with E-state index in [0.29, 0.717) is 5.82 Å². The van der Waals surface area contributed by atoms with Gasteiger partial charge >= 0.3 is 0 Å². The van der Waals surface area contributed by atoms with Crippen molar-refractivity contribution < 1.29 is 0 Å². The van der Waals surface area contributed by atoms with Crippen LogP contribution < -0.4 is 5.73 Å². The van der Waals surface area contributed by atoms with Gasteiger partial charge < -0.3 is 5.73 Å². The molecule has 3 N–H and O–H groups in total. The van der Waals surface area contributed by atoms with E-state index < -0.39 is 0 Å².